The maximum absolute atomic E-state index is 12.4. The number of piperidine rings is 1. The van der Waals surface area contributed by atoms with Crippen LogP contribution in [-0.2, 0) is 4.79 Å². The molecule has 2 fully saturated rings. The molecule has 0 aromatic heterocycles. The minimum Gasteiger partial charge on any atom is -0.336 e. The van der Waals surface area contributed by atoms with E-state index in [1.807, 2.05) is 6.07 Å². The molecule has 6 heteroatoms. The van der Waals surface area contributed by atoms with E-state index in [1.165, 1.54) is 0 Å². The van der Waals surface area contributed by atoms with Crippen LogP contribution in [0.4, 0.5) is 4.79 Å². The molecule has 1 aromatic carbocycles. The van der Waals surface area contributed by atoms with E-state index in [9.17, 15) is 14.4 Å². The van der Waals surface area contributed by atoms with Gasteiger partial charge in [0, 0.05) is 12.1 Å². The van der Waals surface area contributed by atoms with Crippen LogP contribution < -0.4 is 10.6 Å². The second-order valence-electron chi connectivity index (χ2n) is 5.19. The van der Waals surface area contributed by atoms with Gasteiger partial charge in [0.2, 0.25) is 0 Å². The van der Waals surface area contributed by atoms with Crippen molar-refractivity contribution in [3.63, 3.8) is 0 Å². The van der Waals surface area contributed by atoms with E-state index in [1.54, 1.807) is 29.2 Å². The lowest BCUT2D eigenvalue weighted by Crippen LogP contribution is -2.59. The fraction of sp³-hybridized carbons (Fsp3) is 0.357. The summed E-state index contributed by atoms with van der Waals surface area (Å²) in [6, 6.07) is 8.46. The van der Waals surface area contributed by atoms with Gasteiger partial charge in [-0.25, -0.2) is 4.79 Å². The molecule has 0 bridgehead atoms. The quantitative estimate of drug-likeness (QED) is 0.731. The van der Waals surface area contributed by atoms with Gasteiger partial charge in [-0.1, -0.05) is 18.2 Å². The molecule has 2 N–H and O–H groups in total. The van der Waals surface area contributed by atoms with Gasteiger partial charge in [-0.2, -0.15) is 0 Å². The average molecular weight is 273 g/mol. The molecule has 20 heavy (non-hydrogen) atoms. The fourth-order valence-electron chi connectivity index (χ4n) is 2.81. The number of carbonyl (C=O) groups excluding carboxylic acids is 3. The van der Waals surface area contributed by atoms with Crippen LogP contribution in [-0.4, -0.2) is 41.4 Å². The molecular formula is C14H15N3O3. The van der Waals surface area contributed by atoms with Crippen LogP contribution in [0.2, 0.25) is 0 Å². The Balaban J connectivity index is 1.81. The van der Waals surface area contributed by atoms with Crippen molar-refractivity contribution in [1.82, 2.24) is 15.5 Å². The molecule has 0 saturated carbocycles. The number of amides is 4. The Labute approximate surface area is 116 Å². The van der Waals surface area contributed by atoms with Gasteiger partial charge in [-0.05, 0) is 25.0 Å². The lowest BCUT2D eigenvalue weighted by atomic mass is 9.89. The van der Waals surface area contributed by atoms with Crippen LogP contribution >= 0.6 is 0 Å². The van der Waals surface area contributed by atoms with E-state index in [4.69, 9.17) is 0 Å². The number of nitrogens with zero attached hydrogens (tertiary/aromatic N) is 1. The van der Waals surface area contributed by atoms with Crippen molar-refractivity contribution < 1.29 is 14.4 Å². The summed E-state index contributed by atoms with van der Waals surface area (Å²) in [4.78, 5) is 37.3. The molecule has 1 unspecified atom stereocenters. The molecule has 3 rings (SSSR count). The summed E-state index contributed by atoms with van der Waals surface area (Å²) in [5.41, 5.74) is -0.367. The number of hydrogen-bond donors (Lipinski definition) is 2. The maximum Gasteiger partial charge on any atom is 0.322 e. The van der Waals surface area contributed by atoms with Gasteiger partial charge in [-0.3, -0.25) is 14.9 Å². The summed E-state index contributed by atoms with van der Waals surface area (Å²) in [5, 5.41) is 4.91. The number of urea groups is 1. The standard InChI is InChI=1S/C14H15N3O3/c18-11(10-5-2-1-3-6-10)17-8-4-7-14(9-17)12(19)15-13(20)16-14/h1-3,5-6H,4,7-9H2,(H2,15,16,19,20). The summed E-state index contributed by atoms with van der Waals surface area (Å²) in [7, 11) is 0. The van der Waals surface area contributed by atoms with Crippen molar-refractivity contribution in [2.75, 3.05) is 13.1 Å². The molecular weight excluding hydrogens is 258 g/mol. The zero-order chi connectivity index (χ0) is 14.2. The summed E-state index contributed by atoms with van der Waals surface area (Å²) < 4.78 is 0. The monoisotopic (exact) mass is 273 g/mol. The summed E-state index contributed by atoms with van der Waals surface area (Å²) in [5.74, 6) is -0.452. The zero-order valence-electron chi connectivity index (χ0n) is 10.9. The van der Waals surface area contributed by atoms with Crippen molar-refractivity contribution in [2.24, 2.45) is 0 Å². The lowest BCUT2D eigenvalue weighted by molar-refractivity contribution is -0.125. The number of nitrogens with one attached hydrogen (secondary N) is 2. The first-order valence-electron chi connectivity index (χ1n) is 6.59. The Morgan fingerprint density at radius 1 is 1.20 bits per heavy atom. The Hall–Kier alpha value is -2.37. The predicted octanol–water partition coefficient (Wildman–Crippen LogP) is 0.501. The van der Waals surface area contributed by atoms with E-state index in [0.29, 0.717) is 24.9 Å². The van der Waals surface area contributed by atoms with Gasteiger partial charge in [0.1, 0.15) is 5.54 Å². The molecule has 1 spiro atoms. The molecule has 1 aromatic rings. The number of hydrogen-bond acceptors (Lipinski definition) is 3. The molecule has 2 aliphatic heterocycles. The number of imide groups is 1. The van der Waals surface area contributed by atoms with Crippen molar-refractivity contribution >= 4 is 17.8 Å². The van der Waals surface area contributed by atoms with E-state index in [-0.39, 0.29) is 18.4 Å². The normalized spacial score (nSPS) is 25.5. The SMILES string of the molecule is O=C1NC(=O)C2(CCCN(C(=O)c3ccccc3)C2)N1. The third-order valence-corrected chi connectivity index (χ3v) is 3.81. The largest absolute Gasteiger partial charge is 0.336 e. The number of likely N-dealkylation sites (tertiary alicyclic amines) is 1. The van der Waals surface area contributed by atoms with Gasteiger partial charge in [0.15, 0.2) is 0 Å². The molecule has 0 radical (unpaired) electrons. The first-order chi connectivity index (χ1) is 9.61. The van der Waals surface area contributed by atoms with Gasteiger partial charge in [-0.15, -0.1) is 0 Å². The van der Waals surface area contributed by atoms with Crippen molar-refractivity contribution in [3.8, 4) is 0 Å². The van der Waals surface area contributed by atoms with Gasteiger partial charge < -0.3 is 10.2 Å². The van der Waals surface area contributed by atoms with Crippen molar-refractivity contribution in [2.45, 2.75) is 18.4 Å². The second kappa shape index (κ2) is 4.63. The molecule has 104 valence electrons. The van der Waals surface area contributed by atoms with Gasteiger partial charge in [0.25, 0.3) is 11.8 Å². The van der Waals surface area contributed by atoms with E-state index in [2.05, 4.69) is 10.6 Å². The van der Waals surface area contributed by atoms with Crippen LogP contribution in [0, 0.1) is 0 Å². The van der Waals surface area contributed by atoms with E-state index in [0.717, 1.165) is 0 Å². The Morgan fingerprint density at radius 3 is 2.60 bits per heavy atom. The van der Waals surface area contributed by atoms with Crippen LogP contribution in [0.25, 0.3) is 0 Å². The van der Waals surface area contributed by atoms with Crippen LogP contribution in [0.15, 0.2) is 30.3 Å². The Morgan fingerprint density at radius 2 is 1.95 bits per heavy atom. The Kier molecular flexibility index (Phi) is 2.93. The highest BCUT2D eigenvalue weighted by atomic mass is 16.2. The van der Waals surface area contributed by atoms with E-state index >= 15 is 0 Å². The van der Waals surface area contributed by atoms with Gasteiger partial charge in [0.05, 0.1) is 6.54 Å². The third-order valence-electron chi connectivity index (χ3n) is 3.81. The van der Waals surface area contributed by atoms with E-state index < -0.39 is 11.6 Å². The zero-order valence-corrected chi connectivity index (χ0v) is 10.9. The fourth-order valence-corrected chi connectivity index (χ4v) is 2.81. The number of carbonyl (C=O) groups is 3. The molecule has 1 atom stereocenters. The Bertz CT molecular complexity index is 572. The lowest BCUT2D eigenvalue weighted by Gasteiger charge is -2.38. The first-order valence-corrected chi connectivity index (χ1v) is 6.59. The molecule has 6 nitrogen and oxygen atoms in total. The molecule has 0 aliphatic carbocycles. The molecule has 2 heterocycles. The van der Waals surface area contributed by atoms with Crippen LogP contribution in [0.3, 0.4) is 0 Å². The topological polar surface area (TPSA) is 78.5 Å². The summed E-state index contributed by atoms with van der Waals surface area (Å²) in [6.07, 6.45) is 1.25. The maximum atomic E-state index is 12.4. The number of rotatable bonds is 1. The van der Waals surface area contributed by atoms with Crippen LogP contribution in [0.1, 0.15) is 23.2 Å². The minimum atomic E-state index is -0.959. The van der Waals surface area contributed by atoms with Crippen molar-refractivity contribution in [1.29, 1.82) is 0 Å². The summed E-state index contributed by atoms with van der Waals surface area (Å²) in [6.45, 7) is 0.816. The second-order valence-corrected chi connectivity index (χ2v) is 5.19. The highest BCUT2D eigenvalue weighted by Crippen LogP contribution is 2.25. The highest BCUT2D eigenvalue weighted by molar-refractivity contribution is 6.07. The van der Waals surface area contributed by atoms with Crippen LogP contribution in [0.5, 0.6) is 0 Å². The minimum absolute atomic E-state index is 0.112. The predicted molar refractivity (Wildman–Crippen MR) is 71.0 cm³/mol. The first kappa shape index (κ1) is 12.7. The molecule has 4 amide bonds. The average Bonchev–Trinajstić information content (AvgIpc) is 2.73. The third kappa shape index (κ3) is 2.03. The van der Waals surface area contributed by atoms with Crippen molar-refractivity contribution in [3.05, 3.63) is 35.9 Å². The highest BCUT2D eigenvalue weighted by Gasteiger charge is 2.49. The smallest absolute Gasteiger partial charge is 0.322 e. The number of benzene rings is 1. The summed E-state index contributed by atoms with van der Waals surface area (Å²) >= 11 is 0. The molecule has 2 saturated heterocycles. The van der Waals surface area contributed by atoms with Gasteiger partial charge >= 0.3 is 6.03 Å². The molecule has 2 aliphatic rings.